The number of aromatic nitrogens is 8. The Balaban J connectivity index is 1.29. The van der Waals surface area contributed by atoms with Crippen molar-refractivity contribution in [3.8, 4) is 23.0 Å². The molecule has 0 bridgehead atoms. The molecule has 0 saturated heterocycles. The number of halogens is 7. The Morgan fingerprint density at radius 1 is 1.10 bits per heavy atom. The first-order valence-corrected chi connectivity index (χ1v) is 21.7. The van der Waals surface area contributed by atoms with Gasteiger partial charge in [-0.05, 0) is 89.8 Å². The van der Waals surface area contributed by atoms with Crippen LogP contribution in [0.2, 0.25) is 5.02 Å². The van der Waals surface area contributed by atoms with Gasteiger partial charge < -0.3 is 0 Å². The topological polar surface area (TPSA) is 133 Å². The number of Topliss-reactive ketones (excluding diaryl/α,β-unsaturated/α-hetero) is 1. The minimum atomic E-state index is -3.48. The number of aryl methyl sites for hydroxylation is 1. The zero-order valence-electron chi connectivity index (χ0n) is 33.1. The van der Waals surface area contributed by atoms with Crippen LogP contribution in [0.1, 0.15) is 84.5 Å². The minimum absolute atomic E-state index is 0.00408. The number of H-pyrrole nitrogens is 1. The summed E-state index contributed by atoms with van der Waals surface area (Å²) in [4.78, 5) is 31.5. The van der Waals surface area contributed by atoms with Crippen LogP contribution < -0.4 is 5.69 Å². The Kier molecular flexibility index (Phi) is 10.4. The molecule has 0 spiro atoms. The summed E-state index contributed by atoms with van der Waals surface area (Å²) in [6.45, 7) is 2.56. The minimum Gasteiger partial charge on any atom is -0.298 e. The highest BCUT2D eigenvalue weighted by molar-refractivity contribution is 7.98. The third kappa shape index (κ3) is 7.89. The highest BCUT2D eigenvalue weighted by Gasteiger charge is 2.67. The maximum atomic E-state index is 15.5. The van der Waals surface area contributed by atoms with Gasteiger partial charge >= 0.3 is 5.69 Å². The summed E-state index contributed by atoms with van der Waals surface area (Å²) in [6.07, 6.45) is -1.02. The standard InChI is InChI=1S/C42H37ClF6N8O3S/c1-41(2,56-20-50-52-40(56)59)11-10-25-6-7-27(28-8-9-31(43)34-32(19-61(4,5)60)53-55(3)37(28)34)35(51-25)22(12-21-13-23(44)16-24(45)14-21)15-26(58)18-57-38-33(36(54-57)39(46)47)29-17-30(29)42(38,48)49/h6-9,13-14,16,20,22,29-30,39H,4,12,15,17-19H2,1-3,5H3,(H,52,59)/t22-,29+,30-,61?/m1/s1. The zero-order chi connectivity index (χ0) is 43.9. The Hall–Kier alpha value is -5.67. The molecule has 2 aliphatic carbocycles. The van der Waals surface area contributed by atoms with Crippen LogP contribution in [0.25, 0.3) is 22.0 Å². The SMILES string of the molecule is C=S(C)(=O)Cc1nn(C)c2c(-c3ccc(C#CC(C)(C)n4cn[nH]c4=O)nc3[C@@H](CC(=O)Cn3nc(C(F)F)c4c3C(F)(F)[C@@H]3C[C@H]43)Cc3cc(F)cc(F)c3)ccc(Cl)c12. The third-order valence-corrected chi connectivity index (χ3v) is 12.3. The van der Waals surface area contributed by atoms with Crippen LogP contribution in [0.15, 0.2) is 53.6 Å². The first-order valence-electron chi connectivity index (χ1n) is 19.0. The molecule has 0 aliphatic heterocycles. The molecule has 6 aromatic rings. The van der Waals surface area contributed by atoms with Gasteiger partial charge in [0.05, 0.1) is 27.7 Å². The number of hydrogen-bond acceptors (Lipinski definition) is 7. The van der Waals surface area contributed by atoms with E-state index in [-0.39, 0.29) is 41.1 Å². The van der Waals surface area contributed by atoms with Crippen molar-refractivity contribution >= 4 is 43.7 Å². The van der Waals surface area contributed by atoms with E-state index in [4.69, 9.17) is 16.6 Å². The smallest absolute Gasteiger partial charge is 0.298 e. The Morgan fingerprint density at radius 3 is 2.46 bits per heavy atom. The van der Waals surface area contributed by atoms with E-state index in [1.165, 1.54) is 17.2 Å². The van der Waals surface area contributed by atoms with Gasteiger partial charge in [0.15, 0.2) is 5.78 Å². The normalized spacial score (nSPS) is 18.1. The molecule has 4 heterocycles. The van der Waals surface area contributed by atoms with Gasteiger partial charge in [-0.15, -0.1) is 0 Å². The van der Waals surface area contributed by atoms with E-state index >= 15 is 8.78 Å². The van der Waals surface area contributed by atoms with Crippen LogP contribution in [-0.4, -0.2) is 61.4 Å². The first kappa shape index (κ1) is 42.0. The molecule has 1 N–H and O–H groups in total. The molecule has 0 radical (unpaired) electrons. The molecular formula is C42H37ClF6N8O3S. The molecule has 1 saturated carbocycles. The highest BCUT2D eigenvalue weighted by atomic mass is 35.5. The first-order chi connectivity index (χ1) is 28.6. The van der Waals surface area contributed by atoms with Crippen LogP contribution in [-0.2, 0) is 51.5 Å². The van der Waals surface area contributed by atoms with Crippen LogP contribution in [0.5, 0.6) is 0 Å². The number of carbonyl (C=O) groups is 1. The van der Waals surface area contributed by atoms with E-state index in [0.717, 1.165) is 12.1 Å². The fraction of sp³-hybridized carbons (Fsp3) is 0.357. The van der Waals surface area contributed by atoms with Crippen molar-refractivity contribution in [2.45, 2.75) is 75.1 Å². The number of carbonyl (C=O) groups excluding carboxylic acids is 1. The predicted octanol–water partition coefficient (Wildman–Crippen LogP) is 7.41. The summed E-state index contributed by atoms with van der Waals surface area (Å²) in [5.74, 6) is 0.830. The number of fused-ring (bicyclic) bond motifs is 4. The Morgan fingerprint density at radius 2 is 1.80 bits per heavy atom. The highest BCUT2D eigenvalue weighted by Crippen LogP contribution is 2.68. The zero-order valence-corrected chi connectivity index (χ0v) is 34.7. The number of ketones is 1. The maximum absolute atomic E-state index is 15.5. The molecule has 0 amide bonds. The lowest BCUT2D eigenvalue weighted by Crippen LogP contribution is -2.33. The van der Waals surface area contributed by atoms with Gasteiger partial charge in [-0.2, -0.15) is 24.1 Å². The largest absolute Gasteiger partial charge is 0.344 e. The number of pyridine rings is 1. The maximum Gasteiger partial charge on any atom is 0.344 e. The second-order valence-electron chi connectivity index (χ2n) is 16.3. The van der Waals surface area contributed by atoms with Crippen LogP contribution >= 0.6 is 11.6 Å². The van der Waals surface area contributed by atoms with Crippen molar-refractivity contribution in [2.24, 2.45) is 13.0 Å². The number of benzene rings is 2. The van der Waals surface area contributed by atoms with Crippen LogP contribution in [0.3, 0.4) is 0 Å². The van der Waals surface area contributed by atoms with Gasteiger partial charge in [0.1, 0.15) is 47.1 Å². The van der Waals surface area contributed by atoms with Crippen molar-refractivity contribution < 1.29 is 35.3 Å². The molecule has 19 heteroatoms. The van der Waals surface area contributed by atoms with Gasteiger partial charge in [-0.1, -0.05) is 23.6 Å². The molecule has 4 atom stereocenters. The summed E-state index contributed by atoms with van der Waals surface area (Å²) in [6, 6.07) is 9.44. The van der Waals surface area contributed by atoms with E-state index in [0.29, 0.717) is 43.5 Å². The predicted molar refractivity (Wildman–Crippen MR) is 217 cm³/mol. The molecule has 1 fully saturated rings. The van der Waals surface area contributed by atoms with Gasteiger partial charge in [0.2, 0.25) is 0 Å². The average Bonchev–Trinajstić information content (AvgIpc) is 3.37. The second kappa shape index (κ2) is 15.0. The summed E-state index contributed by atoms with van der Waals surface area (Å²) in [7, 11) is -0.936. The lowest BCUT2D eigenvalue weighted by atomic mass is 9.86. The molecular weight excluding hydrogens is 846 g/mol. The lowest BCUT2D eigenvalue weighted by molar-refractivity contribution is -0.120. The van der Waals surface area contributed by atoms with Crippen LogP contribution in [0, 0.1) is 29.4 Å². The summed E-state index contributed by atoms with van der Waals surface area (Å²) >= 11 is 6.75. The molecule has 318 valence electrons. The lowest BCUT2D eigenvalue weighted by Gasteiger charge is -2.22. The third-order valence-electron chi connectivity index (χ3n) is 11.1. The molecule has 4 aromatic heterocycles. The molecule has 8 rings (SSSR count). The Bertz CT molecular complexity index is 2990. The number of hydrogen-bond donors (Lipinski definition) is 1. The fourth-order valence-corrected chi connectivity index (χ4v) is 9.48. The van der Waals surface area contributed by atoms with Crippen molar-refractivity contribution in [1.29, 1.82) is 0 Å². The van der Waals surface area contributed by atoms with Gasteiger partial charge in [0.25, 0.3) is 12.3 Å². The molecule has 2 aromatic carbocycles. The number of rotatable bonds is 12. The van der Waals surface area contributed by atoms with Crippen LogP contribution in [0.4, 0.5) is 26.3 Å². The second-order valence-corrected chi connectivity index (χ2v) is 19.3. The van der Waals surface area contributed by atoms with E-state index in [2.05, 4.69) is 38.1 Å². The van der Waals surface area contributed by atoms with Crippen molar-refractivity contribution in [1.82, 2.24) is 39.3 Å². The van der Waals surface area contributed by atoms with Crippen molar-refractivity contribution in [3.05, 3.63) is 116 Å². The summed E-state index contributed by atoms with van der Waals surface area (Å²) < 4.78 is 105. The van der Waals surface area contributed by atoms with Crippen molar-refractivity contribution in [2.75, 3.05) is 6.26 Å². The summed E-state index contributed by atoms with van der Waals surface area (Å²) in [5.41, 5.74) is -1.04. The molecule has 61 heavy (non-hydrogen) atoms. The van der Waals surface area contributed by atoms with Gasteiger partial charge in [-0.3, -0.25) is 22.9 Å². The van der Waals surface area contributed by atoms with E-state index < -0.39 is 92.6 Å². The molecule has 1 unspecified atom stereocenters. The average molecular weight is 883 g/mol. The van der Waals surface area contributed by atoms with E-state index in [1.54, 1.807) is 49.8 Å². The van der Waals surface area contributed by atoms with E-state index in [1.807, 2.05) is 0 Å². The quantitative estimate of drug-likeness (QED) is 0.0769. The molecule has 11 nitrogen and oxygen atoms in total. The number of alkyl halides is 4. The monoisotopic (exact) mass is 882 g/mol. The van der Waals surface area contributed by atoms with Gasteiger partial charge in [-0.25, -0.2) is 32.4 Å². The fourth-order valence-electron chi connectivity index (χ4n) is 8.44. The number of aromatic amines is 1. The van der Waals surface area contributed by atoms with Gasteiger partial charge in [0, 0.05) is 59.7 Å². The molecule has 2 aliphatic rings. The van der Waals surface area contributed by atoms with Crippen molar-refractivity contribution in [3.63, 3.8) is 0 Å². The van der Waals surface area contributed by atoms with E-state index in [9.17, 15) is 31.4 Å². The number of nitrogens with one attached hydrogen (secondary N) is 1. The summed E-state index contributed by atoms with van der Waals surface area (Å²) in [5, 5.41) is 15.3. The Labute approximate surface area is 350 Å². The number of nitrogens with zero attached hydrogens (tertiary/aromatic N) is 7.